The number of benzene rings is 2. The van der Waals surface area contributed by atoms with E-state index in [9.17, 15) is 4.79 Å². The molecule has 7 heteroatoms. The Morgan fingerprint density at radius 3 is 2.49 bits per heavy atom. The molecule has 4 aromatic rings. The SMILES string of the molecule is CCc1cc(C)ccc1-c1cc(-c2ccccc2)n(CC(=O)N2CCN(c3cc(OC)ccn3)CC2)n1. The highest BCUT2D eigenvalue weighted by Crippen LogP contribution is 2.29. The van der Waals surface area contributed by atoms with Crippen LogP contribution in [0.15, 0.2) is 72.9 Å². The van der Waals surface area contributed by atoms with Crippen molar-refractivity contribution in [2.45, 2.75) is 26.8 Å². The van der Waals surface area contributed by atoms with Gasteiger partial charge >= 0.3 is 0 Å². The number of ether oxygens (including phenoxy) is 1. The molecule has 2 aromatic heterocycles. The minimum absolute atomic E-state index is 0.0738. The number of carbonyl (C=O) groups excluding carboxylic acids is 1. The smallest absolute Gasteiger partial charge is 0.244 e. The topological polar surface area (TPSA) is 63.5 Å². The summed E-state index contributed by atoms with van der Waals surface area (Å²) in [6.07, 6.45) is 2.68. The van der Waals surface area contributed by atoms with Crippen LogP contribution >= 0.6 is 0 Å². The lowest BCUT2D eigenvalue weighted by molar-refractivity contribution is -0.132. The molecule has 1 fully saturated rings. The molecule has 2 aromatic carbocycles. The second-order valence-electron chi connectivity index (χ2n) is 9.37. The van der Waals surface area contributed by atoms with Crippen molar-refractivity contribution in [1.29, 1.82) is 0 Å². The number of methoxy groups -OCH3 is 1. The standard InChI is InChI=1S/C30H33N5O2/c1-4-23-18-22(2)10-11-26(23)27-20-28(24-8-6-5-7-9-24)35(32-27)21-30(36)34-16-14-33(15-17-34)29-19-25(37-3)12-13-31-29/h5-13,18-20H,4,14-17,21H2,1-3H3. The van der Waals surface area contributed by atoms with Gasteiger partial charge in [0.05, 0.1) is 18.5 Å². The van der Waals surface area contributed by atoms with Gasteiger partial charge in [-0.3, -0.25) is 9.48 Å². The van der Waals surface area contributed by atoms with Crippen LogP contribution in [0, 0.1) is 6.92 Å². The minimum atomic E-state index is 0.0738. The second-order valence-corrected chi connectivity index (χ2v) is 9.37. The Labute approximate surface area is 218 Å². The van der Waals surface area contributed by atoms with E-state index in [1.165, 1.54) is 11.1 Å². The fourth-order valence-corrected chi connectivity index (χ4v) is 4.89. The highest BCUT2D eigenvalue weighted by atomic mass is 16.5. The zero-order valence-electron chi connectivity index (χ0n) is 21.7. The molecule has 1 aliphatic rings. The van der Waals surface area contributed by atoms with Gasteiger partial charge in [0.1, 0.15) is 18.1 Å². The van der Waals surface area contributed by atoms with Gasteiger partial charge in [0, 0.05) is 44.0 Å². The predicted octanol–water partition coefficient (Wildman–Crippen LogP) is 4.84. The number of rotatable bonds is 7. The lowest BCUT2D eigenvalue weighted by atomic mass is 9.99. The van der Waals surface area contributed by atoms with Gasteiger partial charge in [-0.05, 0) is 36.6 Å². The van der Waals surface area contributed by atoms with Crippen LogP contribution in [-0.2, 0) is 17.8 Å². The molecule has 0 spiro atoms. The van der Waals surface area contributed by atoms with Crippen LogP contribution in [0.4, 0.5) is 5.82 Å². The summed E-state index contributed by atoms with van der Waals surface area (Å²) in [6, 6.07) is 22.5. The molecular formula is C30H33N5O2. The Kier molecular flexibility index (Phi) is 7.21. The van der Waals surface area contributed by atoms with Crippen LogP contribution in [0.25, 0.3) is 22.5 Å². The van der Waals surface area contributed by atoms with Crippen LogP contribution in [0.2, 0.25) is 0 Å². The largest absolute Gasteiger partial charge is 0.497 e. The van der Waals surface area contributed by atoms with Gasteiger partial charge in [-0.25, -0.2) is 4.98 Å². The van der Waals surface area contributed by atoms with Crippen molar-refractivity contribution in [3.63, 3.8) is 0 Å². The summed E-state index contributed by atoms with van der Waals surface area (Å²) in [5.41, 5.74) is 6.52. The summed E-state index contributed by atoms with van der Waals surface area (Å²) in [5.74, 6) is 1.73. The maximum atomic E-state index is 13.4. The molecular weight excluding hydrogens is 462 g/mol. The number of anilines is 1. The van der Waals surface area contributed by atoms with Crippen LogP contribution in [0.3, 0.4) is 0 Å². The summed E-state index contributed by atoms with van der Waals surface area (Å²) in [4.78, 5) is 22.0. The van der Waals surface area contributed by atoms with E-state index in [2.05, 4.69) is 60.1 Å². The van der Waals surface area contributed by atoms with E-state index in [1.54, 1.807) is 13.3 Å². The number of hydrogen-bond acceptors (Lipinski definition) is 5. The molecule has 0 N–H and O–H groups in total. The number of aryl methyl sites for hydroxylation is 2. The lowest BCUT2D eigenvalue weighted by Crippen LogP contribution is -2.50. The first-order valence-corrected chi connectivity index (χ1v) is 12.8. The Bertz CT molecular complexity index is 1370. The first-order valence-electron chi connectivity index (χ1n) is 12.8. The molecule has 0 saturated carbocycles. The molecule has 3 heterocycles. The molecule has 0 unspecified atom stereocenters. The Morgan fingerprint density at radius 2 is 1.76 bits per heavy atom. The molecule has 0 radical (unpaired) electrons. The van der Waals surface area contributed by atoms with Gasteiger partial charge in [0.2, 0.25) is 5.91 Å². The molecule has 0 aliphatic carbocycles. The van der Waals surface area contributed by atoms with Gasteiger partial charge in [0.25, 0.3) is 0 Å². The minimum Gasteiger partial charge on any atom is -0.497 e. The lowest BCUT2D eigenvalue weighted by Gasteiger charge is -2.35. The molecule has 0 atom stereocenters. The quantitative estimate of drug-likeness (QED) is 0.367. The summed E-state index contributed by atoms with van der Waals surface area (Å²) < 4.78 is 7.20. The van der Waals surface area contributed by atoms with Gasteiger partial charge in [-0.15, -0.1) is 0 Å². The third-order valence-electron chi connectivity index (χ3n) is 6.96. The van der Waals surface area contributed by atoms with Crippen molar-refractivity contribution in [3.8, 4) is 28.3 Å². The Hall–Kier alpha value is -4.13. The first kappa shape index (κ1) is 24.6. The van der Waals surface area contributed by atoms with E-state index in [0.29, 0.717) is 13.1 Å². The van der Waals surface area contributed by atoms with Crippen LogP contribution < -0.4 is 9.64 Å². The van der Waals surface area contributed by atoms with E-state index < -0.39 is 0 Å². The highest BCUT2D eigenvalue weighted by molar-refractivity contribution is 5.78. The molecule has 7 nitrogen and oxygen atoms in total. The van der Waals surface area contributed by atoms with Gasteiger partial charge in [0.15, 0.2) is 0 Å². The number of hydrogen-bond donors (Lipinski definition) is 0. The normalized spacial score (nSPS) is 13.6. The fourth-order valence-electron chi connectivity index (χ4n) is 4.89. The maximum absolute atomic E-state index is 13.4. The number of amides is 1. The third-order valence-corrected chi connectivity index (χ3v) is 6.96. The monoisotopic (exact) mass is 495 g/mol. The van der Waals surface area contributed by atoms with E-state index in [1.807, 2.05) is 39.9 Å². The summed E-state index contributed by atoms with van der Waals surface area (Å²) in [7, 11) is 1.65. The Morgan fingerprint density at radius 1 is 0.973 bits per heavy atom. The number of pyridine rings is 1. The van der Waals surface area contributed by atoms with Crippen molar-refractivity contribution < 1.29 is 9.53 Å². The molecule has 0 bridgehead atoms. The summed E-state index contributed by atoms with van der Waals surface area (Å²) in [6.45, 7) is 7.22. The summed E-state index contributed by atoms with van der Waals surface area (Å²) in [5, 5.41) is 4.95. The van der Waals surface area contributed by atoms with Crippen LogP contribution in [0.1, 0.15) is 18.1 Å². The number of piperazine rings is 1. The molecule has 1 saturated heterocycles. The van der Waals surface area contributed by atoms with Gasteiger partial charge in [-0.2, -0.15) is 5.10 Å². The molecule has 37 heavy (non-hydrogen) atoms. The van der Waals surface area contributed by atoms with Gasteiger partial charge in [-0.1, -0.05) is 61.0 Å². The second kappa shape index (κ2) is 10.9. The predicted molar refractivity (Wildman–Crippen MR) is 147 cm³/mol. The number of aromatic nitrogens is 3. The van der Waals surface area contributed by atoms with E-state index in [0.717, 1.165) is 53.6 Å². The molecule has 190 valence electrons. The van der Waals surface area contributed by atoms with E-state index in [-0.39, 0.29) is 12.5 Å². The average Bonchev–Trinajstić information content (AvgIpc) is 3.36. The molecule has 1 amide bonds. The number of carbonyl (C=O) groups is 1. The average molecular weight is 496 g/mol. The third kappa shape index (κ3) is 5.35. The zero-order chi connectivity index (χ0) is 25.8. The molecule has 1 aliphatic heterocycles. The Balaban J connectivity index is 1.36. The van der Waals surface area contributed by atoms with E-state index in [4.69, 9.17) is 9.84 Å². The first-order chi connectivity index (χ1) is 18.1. The molecule has 5 rings (SSSR count). The number of nitrogens with zero attached hydrogens (tertiary/aromatic N) is 5. The zero-order valence-corrected chi connectivity index (χ0v) is 21.7. The van der Waals surface area contributed by atoms with Crippen molar-refractivity contribution in [1.82, 2.24) is 19.7 Å². The highest BCUT2D eigenvalue weighted by Gasteiger charge is 2.24. The van der Waals surface area contributed by atoms with Crippen molar-refractivity contribution >= 4 is 11.7 Å². The van der Waals surface area contributed by atoms with Crippen molar-refractivity contribution in [2.75, 3.05) is 38.2 Å². The van der Waals surface area contributed by atoms with Gasteiger partial charge < -0.3 is 14.5 Å². The fraction of sp³-hybridized carbons (Fsp3) is 0.300. The maximum Gasteiger partial charge on any atom is 0.244 e. The van der Waals surface area contributed by atoms with E-state index >= 15 is 0 Å². The van der Waals surface area contributed by atoms with Crippen molar-refractivity contribution in [2.24, 2.45) is 0 Å². The van der Waals surface area contributed by atoms with Crippen LogP contribution in [0.5, 0.6) is 5.75 Å². The van der Waals surface area contributed by atoms with Crippen LogP contribution in [-0.4, -0.2) is 58.9 Å². The van der Waals surface area contributed by atoms with Crippen molar-refractivity contribution in [3.05, 3.63) is 84.1 Å². The summed E-state index contributed by atoms with van der Waals surface area (Å²) >= 11 is 0.